The van der Waals surface area contributed by atoms with Crippen LogP contribution >= 0.6 is 0 Å². The summed E-state index contributed by atoms with van der Waals surface area (Å²) >= 11 is 0. The van der Waals surface area contributed by atoms with Crippen molar-refractivity contribution in [2.45, 2.75) is 64.9 Å². The van der Waals surface area contributed by atoms with E-state index in [0.29, 0.717) is 17.3 Å². The zero-order valence-corrected chi connectivity index (χ0v) is 15.4. The lowest BCUT2D eigenvalue weighted by Crippen LogP contribution is -2.46. The standard InChI is InChI=1S/C21H33NO2/c1-14-6-5-9-22(12-14)13-17-16-10-18-15(2)7-4-8-21(18,3)11-19(16)24-20(17)23/h14,16-19H,2,4-13H2,1,3H3/t14-,16-,17-,18+,19-,21-/m1/s1. The van der Waals surface area contributed by atoms with Crippen molar-refractivity contribution in [3.8, 4) is 0 Å². The number of fused-ring (bicyclic) bond motifs is 2. The summed E-state index contributed by atoms with van der Waals surface area (Å²) in [5, 5.41) is 0. The fourth-order valence-electron chi connectivity index (χ4n) is 6.20. The Balaban J connectivity index is 1.49. The van der Waals surface area contributed by atoms with Gasteiger partial charge in [-0.2, -0.15) is 0 Å². The summed E-state index contributed by atoms with van der Waals surface area (Å²) in [4.78, 5) is 15.1. The minimum absolute atomic E-state index is 0.0797. The van der Waals surface area contributed by atoms with Crippen LogP contribution in [0.4, 0.5) is 0 Å². The van der Waals surface area contributed by atoms with Crippen LogP contribution in [0, 0.1) is 29.1 Å². The predicted octanol–water partition coefficient (Wildman–Crippen LogP) is 4.03. The third kappa shape index (κ3) is 2.83. The minimum Gasteiger partial charge on any atom is -0.462 e. The zero-order valence-electron chi connectivity index (χ0n) is 15.4. The van der Waals surface area contributed by atoms with Gasteiger partial charge in [-0.1, -0.05) is 26.0 Å². The number of ether oxygens (including phenoxy) is 1. The van der Waals surface area contributed by atoms with Crippen LogP contribution in [0.1, 0.15) is 58.8 Å². The number of rotatable bonds is 2. The predicted molar refractivity (Wildman–Crippen MR) is 95.5 cm³/mol. The maximum absolute atomic E-state index is 12.6. The molecular formula is C21H33NO2. The summed E-state index contributed by atoms with van der Waals surface area (Å²) in [5.41, 5.74) is 1.75. The highest BCUT2D eigenvalue weighted by Gasteiger charge is 2.55. The summed E-state index contributed by atoms with van der Waals surface area (Å²) < 4.78 is 5.90. The molecule has 0 unspecified atom stereocenters. The molecule has 3 heteroatoms. The van der Waals surface area contributed by atoms with Crippen LogP contribution < -0.4 is 0 Å². The van der Waals surface area contributed by atoms with E-state index < -0.39 is 0 Å². The molecule has 3 nitrogen and oxygen atoms in total. The van der Waals surface area contributed by atoms with Crippen molar-refractivity contribution in [1.29, 1.82) is 0 Å². The SMILES string of the molecule is C=C1CCC[C@]2(C)C[C@H]3OC(=O)[C@H](CN4CCC[C@@H](C)C4)[C@H]3C[C@@H]12. The van der Waals surface area contributed by atoms with Gasteiger partial charge in [0.25, 0.3) is 0 Å². The van der Waals surface area contributed by atoms with E-state index in [-0.39, 0.29) is 18.0 Å². The van der Waals surface area contributed by atoms with Gasteiger partial charge in [-0.05, 0) is 68.7 Å². The third-order valence-corrected chi connectivity index (χ3v) is 7.52. The zero-order chi connectivity index (χ0) is 16.9. The fourth-order valence-corrected chi connectivity index (χ4v) is 6.20. The number of hydrogen-bond acceptors (Lipinski definition) is 3. The van der Waals surface area contributed by atoms with Crippen molar-refractivity contribution >= 4 is 5.97 Å². The number of carbonyl (C=O) groups is 1. The lowest BCUT2D eigenvalue weighted by molar-refractivity contribution is -0.146. The molecule has 6 atom stereocenters. The highest BCUT2D eigenvalue weighted by atomic mass is 16.6. The molecule has 4 rings (SSSR count). The summed E-state index contributed by atoms with van der Waals surface area (Å²) in [6, 6.07) is 0. The van der Waals surface area contributed by atoms with E-state index in [1.807, 2.05) is 0 Å². The van der Waals surface area contributed by atoms with E-state index in [1.54, 1.807) is 0 Å². The second-order valence-electron chi connectivity index (χ2n) is 9.41. The molecule has 2 saturated heterocycles. The van der Waals surface area contributed by atoms with Crippen LogP contribution in [-0.4, -0.2) is 36.6 Å². The number of nitrogens with zero attached hydrogens (tertiary/aromatic N) is 1. The maximum atomic E-state index is 12.6. The number of allylic oxidation sites excluding steroid dienone is 1. The third-order valence-electron chi connectivity index (χ3n) is 7.52. The first-order valence-corrected chi connectivity index (χ1v) is 10.1. The summed E-state index contributed by atoms with van der Waals surface area (Å²) in [7, 11) is 0. The molecule has 0 N–H and O–H groups in total. The Labute approximate surface area is 146 Å². The number of hydrogen-bond donors (Lipinski definition) is 0. The molecule has 0 bridgehead atoms. The smallest absolute Gasteiger partial charge is 0.310 e. The Morgan fingerprint density at radius 3 is 3.00 bits per heavy atom. The lowest BCUT2D eigenvalue weighted by Gasteiger charge is -2.50. The van der Waals surface area contributed by atoms with E-state index in [9.17, 15) is 4.79 Å². The van der Waals surface area contributed by atoms with Crippen molar-refractivity contribution in [2.75, 3.05) is 19.6 Å². The average molecular weight is 332 g/mol. The van der Waals surface area contributed by atoms with Crippen LogP contribution in [0.2, 0.25) is 0 Å². The largest absolute Gasteiger partial charge is 0.462 e. The normalized spacial score (nSPS) is 46.3. The maximum Gasteiger partial charge on any atom is 0.310 e. The Morgan fingerprint density at radius 1 is 1.38 bits per heavy atom. The van der Waals surface area contributed by atoms with Crippen LogP contribution in [0.15, 0.2) is 12.2 Å². The molecule has 134 valence electrons. The average Bonchev–Trinajstić information content (AvgIpc) is 2.80. The molecule has 0 spiro atoms. The highest BCUT2D eigenvalue weighted by molar-refractivity contribution is 5.75. The van der Waals surface area contributed by atoms with Crippen LogP contribution in [-0.2, 0) is 9.53 Å². The van der Waals surface area contributed by atoms with Gasteiger partial charge in [-0.15, -0.1) is 0 Å². The summed E-state index contributed by atoms with van der Waals surface area (Å²) in [5.74, 6) is 1.96. The van der Waals surface area contributed by atoms with Gasteiger partial charge in [-0.3, -0.25) is 4.79 Å². The van der Waals surface area contributed by atoms with E-state index in [4.69, 9.17) is 4.74 Å². The lowest BCUT2D eigenvalue weighted by atomic mass is 9.55. The topological polar surface area (TPSA) is 29.5 Å². The molecule has 4 aliphatic rings. The van der Waals surface area contributed by atoms with Crippen molar-refractivity contribution < 1.29 is 9.53 Å². The van der Waals surface area contributed by atoms with E-state index in [0.717, 1.165) is 38.4 Å². The van der Waals surface area contributed by atoms with Gasteiger partial charge in [0.2, 0.25) is 0 Å². The first-order valence-electron chi connectivity index (χ1n) is 10.1. The second kappa shape index (κ2) is 6.16. The monoisotopic (exact) mass is 331 g/mol. The molecule has 24 heavy (non-hydrogen) atoms. The van der Waals surface area contributed by atoms with E-state index in [1.165, 1.54) is 37.7 Å². The Morgan fingerprint density at radius 2 is 2.21 bits per heavy atom. The molecule has 0 amide bonds. The van der Waals surface area contributed by atoms with Crippen molar-refractivity contribution in [2.24, 2.45) is 29.1 Å². The number of carbonyl (C=O) groups excluding carboxylic acids is 1. The van der Waals surface area contributed by atoms with Gasteiger partial charge in [-0.25, -0.2) is 0 Å². The molecule has 2 saturated carbocycles. The molecule has 0 aromatic heterocycles. The number of likely N-dealkylation sites (tertiary alicyclic amines) is 1. The van der Waals surface area contributed by atoms with Crippen molar-refractivity contribution in [3.05, 3.63) is 12.2 Å². The summed E-state index contributed by atoms with van der Waals surface area (Å²) in [6.07, 6.45) is 8.65. The first kappa shape index (κ1) is 16.6. The van der Waals surface area contributed by atoms with Crippen molar-refractivity contribution in [3.63, 3.8) is 0 Å². The molecule has 0 radical (unpaired) electrons. The molecule has 0 aromatic carbocycles. The quantitative estimate of drug-likeness (QED) is 0.565. The Hall–Kier alpha value is -0.830. The molecule has 0 aromatic rings. The van der Waals surface area contributed by atoms with E-state index >= 15 is 0 Å². The summed E-state index contributed by atoms with van der Waals surface area (Å²) in [6.45, 7) is 12.4. The Kier molecular flexibility index (Phi) is 4.27. The van der Waals surface area contributed by atoms with Gasteiger partial charge in [0.05, 0.1) is 5.92 Å². The second-order valence-corrected chi connectivity index (χ2v) is 9.41. The van der Waals surface area contributed by atoms with Crippen LogP contribution in [0.5, 0.6) is 0 Å². The van der Waals surface area contributed by atoms with Gasteiger partial charge < -0.3 is 9.64 Å². The highest BCUT2D eigenvalue weighted by Crippen LogP contribution is 2.56. The van der Waals surface area contributed by atoms with E-state index in [2.05, 4.69) is 25.3 Å². The molecule has 2 aliphatic carbocycles. The molecule has 2 aliphatic heterocycles. The fraction of sp³-hybridized carbons (Fsp3) is 0.857. The van der Waals surface area contributed by atoms with Crippen LogP contribution in [0.3, 0.4) is 0 Å². The van der Waals surface area contributed by atoms with Gasteiger partial charge in [0.1, 0.15) is 6.10 Å². The molecule has 4 fully saturated rings. The number of esters is 1. The molecular weight excluding hydrogens is 298 g/mol. The van der Waals surface area contributed by atoms with Crippen molar-refractivity contribution in [1.82, 2.24) is 4.90 Å². The molecule has 2 heterocycles. The Bertz CT molecular complexity index is 530. The first-order chi connectivity index (χ1) is 11.5. The van der Waals surface area contributed by atoms with Crippen LogP contribution in [0.25, 0.3) is 0 Å². The number of piperidine rings is 1. The van der Waals surface area contributed by atoms with Gasteiger partial charge >= 0.3 is 5.97 Å². The van der Waals surface area contributed by atoms with Gasteiger partial charge in [0.15, 0.2) is 0 Å². The van der Waals surface area contributed by atoms with Gasteiger partial charge in [0, 0.05) is 19.0 Å². The minimum atomic E-state index is 0.0797.